The molecule has 1 aromatic heterocycles. The van der Waals surface area contributed by atoms with E-state index < -0.39 is 0 Å². The maximum absolute atomic E-state index is 4.47. The van der Waals surface area contributed by atoms with Crippen molar-refractivity contribution in [2.45, 2.75) is 37.5 Å². The molecule has 20 heavy (non-hydrogen) atoms. The number of anilines is 1. The van der Waals surface area contributed by atoms with Crippen LogP contribution in [-0.4, -0.2) is 17.0 Å². The molecule has 2 aromatic rings. The number of hydrogen-bond donors (Lipinski definition) is 1. The summed E-state index contributed by atoms with van der Waals surface area (Å²) in [7, 11) is 1.91. The van der Waals surface area contributed by atoms with Gasteiger partial charge in [-0.25, -0.2) is 9.97 Å². The van der Waals surface area contributed by atoms with Gasteiger partial charge in [0.05, 0.1) is 0 Å². The molecule has 0 aliphatic heterocycles. The Balaban J connectivity index is 2.24. The van der Waals surface area contributed by atoms with Crippen molar-refractivity contribution in [3.8, 4) is 0 Å². The lowest BCUT2D eigenvalue weighted by Crippen LogP contribution is -2.04. The molecule has 0 amide bonds. The second-order valence-corrected chi connectivity index (χ2v) is 6.03. The lowest BCUT2D eigenvalue weighted by atomic mass is 10.1. The highest BCUT2D eigenvalue weighted by atomic mass is 32.2. The minimum atomic E-state index is 0.401. The van der Waals surface area contributed by atoms with E-state index in [1.165, 1.54) is 16.7 Å². The molecule has 0 bridgehead atoms. The Kier molecular flexibility index (Phi) is 5.01. The predicted molar refractivity (Wildman–Crippen MR) is 86.4 cm³/mol. The molecule has 0 spiro atoms. The number of hydrogen-bond acceptors (Lipinski definition) is 4. The fourth-order valence-electron chi connectivity index (χ4n) is 2.13. The van der Waals surface area contributed by atoms with Crippen molar-refractivity contribution in [3.05, 3.63) is 47.3 Å². The van der Waals surface area contributed by atoms with Crippen molar-refractivity contribution in [1.29, 1.82) is 0 Å². The van der Waals surface area contributed by atoms with Gasteiger partial charge < -0.3 is 5.32 Å². The number of nitrogens with one attached hydrogen (secondary N) is 1. The number of nitrogens with zero attached hydrogens (tertiary/aromatic N) is 2. The van der Waals surface area contributed by atoms with Crippen molar-refractivity contribution >= 4 is 17.6 Å². The Morgan fingerprint density at radius 3 is 2.60 bits per heavy atom. The van der Waals surface area contributed by atoms with Gasteiger partial charge in [0.1, 0.15) is 17.2 Å². The molecular weight excluding hydrogens is 266 g/mol. The summed E-state index contributed by atoms with van der Waals surface area (Å²) in [6.45, 7) is 6.51. The number of thioether (sulfide) groups is 1. The van der Waals surface area contributed by atoms with Crippen LogP contribution >= 0.6 is 11.8 Å². The molecule has 1 aromatic carbocycles. The van der Waals surface area contributed by atoms with E-state index in [9.17, 15) is 0 Å². The zero-order valence-electron chi connectivity index (χ0n) is 12.5. The normalized spacial score (nSPS) is 10.8. The first kappa shape index (κ1) is 14.9. The molecular formula is C16H21N3S. The molecule has 1 heterocycles. The van der Waals surface area contributed by atoms with Crippen LogP contribution < -0.4 is 5.32 Å². The van der Waals surface area contributed by atoms with Gasteiger partial charge in [-0.05, 0) is 24.0 Å². The SMILES string of the molecule is CNc1ncnc(SCc2ccccc2C)c1C(C)C. The average Bonchev–Trinajstić information content (AvgIpc) is 2.45. The summed E-state index contributed by atoms with van der Waals surface area (Å²) in [5.41, 5.74) is 3.89. The Morgan fingerprint density at radius 1 is 1.20 bits per heavy atom. The fraction of sp³-hybridized carbons (Fsp3) is 0.375. The molecule has 0 radical (unpaired) electrons. The molecule has 0 fully saturated rings. The van der Waals surface area contributed by atoms with Crippen LogP contribution in [0.25, 0.3) is 0 Å². The van der Waals surface area contributed by atoms with Gasteiger partial charge >= 0.3 is 0 Å². The first-order valence-electron chi connectivity index (χ1n) is 6.83. The van der Waals surface area contributed by atoms with E-state index in [0.717, 1.165) is 16.6 Å². The average molecular weight is 287 g/mol. The molecule has 1 N–H and O–H groups in total. The van der Waals surface area contributed by atoms with Crippen molar-refractivity contribution in [2.75, 3.05) is 12.4 Å². The monoisotopic (exact) mass is 287 g/mol. The first-order chi connectivity index (χ1) is 9.63. The zero-order chi connectivity index (χ0) is 14.5. The third-order valence-electron chi connectivity index (χ3n) is 3.29. The Labute approximate surface area is 125 Å². The highest BCUT2D eigenvalue weighted by Gasteiger charge is 2.14. The summed E-state index contributed by atoms with van der Waals surface area (Å²) >= 11 is 1.78. The summed E-state index contributed by atoms with van der Waals surface area (Å²) in [5, 5.41) is 4.23. The topological polar surface area (TPSA) is 37.8 Å². The Morgan fingerprint density at radius 2 is 1.95 bits per heavy atom. The van der Waals surface area contributed by atoms with E-state index in [1.54, 1.807) is 18.1 Å². The molecule has 4 heteroatoms. The Hall–Kier alpha value is -1.55. The van der Waals surface area contributed by atoms with Gasteiger partial charge in [0.15, 0.2) is 0 Å². The van der Waals surface area contributed by atoms with E-state index in [0.29, 0.717) is 5.92 Å². The first-order valence-corrected chi connectivity index (χ1v) is 7.82. The second kappa shape index (κ2) is 6.75. The maximum Gasteiger partial charge on any atom is 0.133 e. The quantitative estimate of drug-likeness (QED) is 0.659. The van der Waals surface area contributed by atoms with Gasteiger partial charge in [-0.3, -0.25) is 0 Å². The van der Waals surface area contributed by atoms with Crippen LogP contribution in [-0.2, 0) is 5.75 Å². The van der Waals surface area contributed by atoms with Crippen molar-refractivity contribution in [2.24, 2.45) is 0 Å². The lowest BCUT2D eigenvalue weighted by molar-refractivity contribution is 0.806. The molecule has 106 valence electrons. The van der Waals surface area contributed by atoms with Gasteiger partial charge in [0.2, 0.25) is 0 Å². The van der Waals surface area contributed by atoms with Gasteiger partial charge in [0.25, 0.3) is 0 Å². The molecule has 3 nitrogen and oxygen atoms in total. The van der Waals surface area contributed by atoms with Gasteiger partial charge in [-0.1, -0.05) is 38.1 Å². The summed E-state index contributed by atoms with van der Waals surface area (Å²) in [4.78, 5) is 8.78. The summed E-state index contributed by atoms with van der Waals surface area (Å²) < 4.78 is 0. The molecule has 0 aliphatic carbocycles. The van der Waals surface area contributed by atoms with Crippen LogP contribution in [0, 0.1) is 6.92 Å². The van der Waals surface area contributed by atoms with Crippen molar-refractivity contribution < 1.29 is 0 Å². The largest absolute Gasteiger partial charge is 0.373 e. The van der Waals surface area contributed by atoms with Crippen molar-refractivity contribution in [3.63, 3.8) is 0 Å². The van der Waals surface area contributed by atoms with Crippen LogP contribution in [0.15, 0.2) is 35.6 Å². The smallest absolute Gasteiger partial charge is 0.133 e. The van der Waals surface area contributed by atoms with Gasteiger partial charge in [0, 0.05) is 18.4 Å². The van der Waals surface area contributed by atoms with E-state index in [1.807, 2.05) is 7.05 Å². The number of aromatic nitrogens is 2. The van der Waals surface area contributed by atoms with Crippen molar-refractivity contribution in [1.82, 2.24) is 9.97 Å². The number of aryl methyl sites for hydroxylation is 1. The summed E-state index contributed by atoms with van der Waals surface area (Å²) in [6.07, 6.45) is 1.64. The Bertz CT molecular complexity index is 582. The van der Waals surface area contributed by atoms with Crippen LogP contribution in [0.3, 0.4) is 0 Å². The maximum atomic E-state index is 4.47. The summed E-state index contributed by atoms with van der Waals surface area (Å²) in [6, 6.07) is 8.49. The predicted octanol–water partition coefficient (Wildman–Crippen LogP) is 4.24. The van der Waals surface area contributed by atoms with Crippen LogP contribution in [0.2, 0.25) is 0 Å². The minimum absolute atomic E-state index is 0.401. The highest BCUT2D eigenvalue weighted by molar-refractivity contribution is 7.98. The third kappa shape index (κ3) is 3.31. The molecule has 0 saturated carbocycles. The molecule has 0 unspecified atom stereocenters. The number of benzene rings is 1. The fourth-order valence-corrected chi connectivity index (χ4v) is 3.36. The highest BCUT2D eigenvalue weighted by Crippen LogP contribution is 2.33. The van der Waals surface area contributed by atoms with E-state index in [4.69, 9.17) is 0 Å². The molecule has 0 atom stereocenters. The lowest BCUT2D eigenvalue weighted by Gasteiger charge is -2.15. The van der Waals surface area contributed by atoms with Gasteiger partial charge in [-0.2, -0.15) is 0 Å². The third-order valence-corrected chi connectivity index (χ3v) is 4.34. The molecule has 2 rings (SSSR count). The van der Waals surface area contributed by atoms with Crippen LogP contribution in [0.4, 0.5) is 5.82 Å². The second-order valence-electron chi connectivity index (χ2n) is 5.06. The van der Waals surface area contributed by atoms with Crippen LogP contribution in [0.1, 0.15) is 36.5 Å². The number of rotatable bonds is 5. The zero-order valence-corrected chi connectivity index (χ0v) is 13.3. The summed E-state index contributed by atoms with van der Waals surface area (Å²) in [5.74, 6) is 2.27. The minimum Gasteiger partial charge on any atom is -0.373 e. The van der Waals surface area contributed by atoms with E-state index in [-0.39, 0.29) is 0 Å². The van der Waals surface area contributed by atoms with E-state index in [2.05, 4.69) is 60.3 Å². The molecule has 0 saturated heterocycles. The molecule has 0 aliphatic rings. The standard InChI is InChI=1S/C16H21N3S/c1-11(2)14-15(17-4)18-10-19-16(14)20-9-13-8-6-5-7-12(13)3/h5-8,10-11H,9H2,1-4H3,(H,17,18,19). The van der Waals surface area contributed by atoms with Gasteiger partial charge in [-0.15, -0.1) is 11.8 Å². The van der Waals surface area contributed by atoms with E-state index >= 15 is 0 Å². The van der Waals surface area contributed by atoms with Crippen LogP contribution in [0.5, 0.6) is 0 Å².